The van der Waals surface area contributed by atoms with Gasteiger partial charge in [0.2, 0.25) is 5.91 Å². The Bertz CT molecular complexity index is 1120. The van der Waals surface area contributed by atoms with E-state index in [0.29, 0.717) is 29.1 Å². The van der Waals surface area contributed by atoms with Crippen LogP contribution in [0.15, 0.2) is 40.9 Å². The number of amides is 2. The maximum Gasteiger partial charge on any atom is 0.256 e. The second-order valence-corrected chi connectivity index (χ2v) is 7.42. The van der Waals surface area contributed by atoms with Gasteiger partial charge in [0.1, 0.15) is 35.6 Å². The van der Waals surface area contributed by atoms with Crippen molar-refractivity contribution in [1.29, 1.82) is 0 Å². The van der Waals surface area contributed by atoms with Crippen molar-refractivity contribution in [1.82, 2.24) is 10.3 Å². The van der Waals surface area contributed by atoms with E-state index in [1.807, 2.05) is 12.1 Å². The summed E-state index contributed by atoms with van der Waals surface area (Å²) >= 11 is 0. The fourth-order valence-electron chi connectivity index (χ4n) is 3.52. The van der Waals surface area contributed by atoms with Gasteiger partial charge in [-0.05, 0) is 37.6 Å². The number of hydrogen-bond acceptors (Lipinski definition) is 7. The molecular formula is C22H24N4O5. The lowest BCUT2D eigenvalue weighted by molar-refractivity contribution is -0.120. The third-order valence-corrected chi connectivity index (χ3v) is 5.31. The molecule has 1 fully saturated rings. The van der Waals surface area contributed by atoms with E-state index in [4.69, 9.17) is 14.9 Å². The Morgan fingerprint density at radius 2 is 2.16 bits per heavy atom. The van der Waals surface area contributed by atoms with Gasteiger partial charge in [-0.15, -0.1) is 0 Å². The summed E-state index contributed by atoms with van der Waals surface area (Å²) in [6, 6.07) is 7.90. The maximum absolute atomic E-state index is 12.7. The van der Waals surface area contributed by atoms with E-state index in [1.165, 1.54) is 0 Å². The Morgan fingerprint density at radius 1 is 1.35 bits per heavy atom. The number of rotatable bonds is 8. The van der Waals surface area contributed by atoms with E-state index in [-0.39, 0.29) is 5.56 Å². The van der Waals surface area contributed by atoms with Crippen molar-refractivity contribution < 1.29 is 23.8 Å². The van der Waals surface area contributed by atoms with Crippen molar-refractivity contribution in [2.24, 2.45) is 5.73 Å². The zero-order valence-corrected chi connectivity index (χ0v) is 17.1. The zero-order valence-electron chi connectivity index (χ0n) is 17.1. The quantitative estimate of drug-likeness (QED) is 0.499. The molecule has 1 aliphatic heterocycles. The Morgan fingerprint density at radius 3 is 2.84 bits per heavy atom. The number of aromatic nitrogens is 1. The molecule has 162 valence electrons. The molecule has 1 aromatic carbocycles. The molecule has 1 atom stereocenters. The molecule has 4 N–H and O–H groups in total. The van der Waals surface area contributed by atoms with Crippen molar-refractivity contribution in [3.05, 3.63) is 53.4 Å². The number of aryl methyl sites for hydroxylation is 1. The minimum absolute atomic E-state index is 0.266. The van der Waals surface area contributed by atoms with Gasteiger partial charge in [-0.3, -0.25) is 9.59 Å². The summed E-state index contributed by atoms with van der Waals surface area (Å²) in [5.74, 6) is 0.501. The molecule has 4 rings (SSSR count). The van der Waals surface area contributed by atoms with Crippen molar-refractivity contribution >= 4 is 28.6 Å². The first-order valence-corrected chi connectivity index (χ1v) is 10.0. The molecule has 0 bridgehead atoms. The van der Waals surface area contributed by atoms with Gasteiger partial charge in [-0.2, -0.15) is 0 Å². The van der Waals surface area contributed by atoms with E-state index in [2.05, 4.69) is 15.2 Å². The molecule has 0 spiro atoms. The van der Waals surface area contributed by atoms with Gasteiger partial charge in [0, 0.05) is 30.2 Å². The molecule has 1 saturated heterocycles. The number of carbonyl (C=O) groups is 2. The average Bonchev–Trinajstić information content (AvgIpc) is 3.04. The highest BCUT2D eigenvalue weighted by Gasteiger charge is 2.24. The highest BCUT2D eigenvalue weighted by molar-refractivity contribution is 6.08. The minimum Gasteiger partial charge on any atom is -0.489 e. The van der Waals surface area contributed by atoms with Crippen LogP contribution in [0.5, 0.6) is 5.75 Å². The van der Waals surface area contributed by atoms with Crippen LogP contribution < -0.4 is 20.7 Å². The smallest absolute Gasteiger partial charge is 0.256 e. The molecule has 0 saturated carbocycles. The maximum atomic E-state index is 12.7. The molecule has 9 nitrogen and oxygen atoms in total. The molecule has 31 heavy (non-hydrogen) atoms. The van der Waals surface area contributed by atoms with Gasteiger partial charge in [0.25, 0.3) is 5.91 Å². The van der Waals surface area contributed by atoms with E-state index >= 15 is 0 Å². The SMILES string of the molecule is Cc1oc2ccc(OCc3cccnc3N3CCC3)cc2c1C(=O)N[C@@H](CO)C(N)=O. The largest absolute Gasteiger partial charge is 0.489 e. The second-order valence-electron chi connectivity index (χ2n) is 7.42. The number of aliphatic hydroxyl groups excluding tert-OH is 1. The number of fused-ring (bicyclic) bond motifs is 1. The highest BCUT2D eigenvalue weighted by atomic mass is 16.5. The lowest BCUT2D eigenvalue weighted by Gasteiger charge is -2.33. The summed E-state index contributed by atoms with van der Waals surface area (Å²) in [6.45, 7) is 3.38. The number of nitrogens with zero attached hydrogens (tertiary/aromatic N) is 2. The lowest BCUT2D eigenvalue weighted by atomic mass is 10.1. The summed E-state index contributed by atoms with van der Waals surface area (Å²) in [5.41, 5.74) is 6.96. The van der Waals surface area contributed by atoms with Gasteiger partial charge in [-0.25, -0.2) is 4.98 Å². The zero-order chi connectivity index (χ0) is 22.0. The van der Waals surface area contributed by atoms with Crippen LogP contribution >= 0.6 is 0 Å². The number of hydrogen-bond donors (Lipinski definition) is 3. The first-order chi connectivity index (χ1) is 15.0. The van der Waals surface area contributed by atoms with E-state index < -0.39 is 24.5 Å². The standard InChI is InChI=1S/C22H24N4O5/c1-13-19(22(29)25-17(11-27)20(23)28)16-10-15(5-6-18(16)31-13)30-12-14-4-2-7-24-21(14)26-8-3-9-26/h2,4-7,10,17,27H,3,8-9,11-12H2,1H3,(H2,23,28)(H,25,29)/t17-/m0/s1. The van der Waals surface area contributed by atoms with Crippen LogP contribution in [0, 0.1) is 6.92 Å². The number of ether oxygens (including phenoxy) is 1. The monoisotopic (exact) mass is 424 g/mol. The van der Waals surface area contributed by atoms with Crippen LogP contribution in [0.2, 0.25) is 0 Å². The summed E-state index contributed by atoms with van der Waals surface area (Å²) in [7, 11) is 0. The lowest BCUT2D eigenvalue weighted by Crippen LogP contribution is -2.46. The second kappa shape index (κ2) is 8.65. The van der Waals surface area contributed by atoms with Crippen molar-refractivity contribution in [2.75, 3.05) is 24.6 Å². The van der Waals surface area contributed by atoms with Crippen molar-refractivity contribution in [2.45, 2.75) is 26.0 Å². The van der Waals surface area contributed by atoms with E-state index in [0.717, 1.165) is 30.9 Å². The normalized spacial score (nSPS) is 14.2. The van der Waals surface area contributed by atoms with E-state index in [1.54, 1.807) is 31.3 Å². The first-order valence-electron chi connectivity index (χ1n) is 10.0. The summed E-state index contributed by atoms with van der Waals surface area (Å²) < 4.78 is 11.7. The summed E-state index contributed by atoms with van der Waals surface area (Å²) in [6.07, 6.45) is 2.93. The van der Waals surface area contributed by atoms with Crippen LogP contribution in [0.25, 0.3) is 11.0 Å². The number of nitrogens with one attached hydrogen (secondary N) is 1. The van der Waals surface area contributed by atoms with Crippen LogP contribution in [-0.2, 0) is 11.4 Å². The van der Waals surface area contributed by atoms with Crippen LogP contribution in [-0.4, -0.2) is 47.6 Å². The van der Waals surface area contributed by atoms with E-state index in [9.17, 15) is 14.7 Å². The predicted molar refractivity (Wildman–Crippen MR) is 114 cm³/mol. The number of primary amides is 1. The van der Waals surface area contributed by atoms with Gasteiger partial charge in [0.05, 0.1) is 12.2 Å². The number of pyridine rings is 1. The van der Waals surface area contributed by atoms with Gasteiger partial charge in [0.15, 0.2) is 0 Å². The topological polar surface area (TPSA) is 131 Å². The van der Waals surface area contributed by atoms with Gasteiger partial charge >= 0.3 is 0 Å². The number of nitrogens with two attached hydrogens (primary N) is 1. The van der Waals surface area contributed by atoms with Crippen LogP contribution in [0.4, 0.5) is 5.82 Å². The third kappa shape index (κ3) is 4.17. The minimum atomic E-state index is -1.18. The molecule has 9 heteroatoms. The number of anilines is 1. The molecule has 2 aromatic heterocycles. The molecule has 0 radical (unpaired) electrons. The third-order valence-electron chi connectivity index (χ3n) is 5.31. The predicted octanol–water partition coefficient (Wildman–Crippen LogP) is 1.50. The molecule has 0 aliphatic carbocycles. The van der Waals surface area contributed by atoms with Gasteiger partial charge in [-0.1, -0.05) is 6.07 Å². The molecule has 2 amide bonds. The number of furan rings is 1. The molecule has 3 aromatic rings. The number of benzene rings is 1. The fourth-order valence-corrected chi connectivity index (χ4v) is 3.52. The number of carbonyl (C=O) groups excluding carboxylic acids is 2. The Kier molecular flexibility index (Phi) is 5.77. The summed E-state index contributed by atoms with van der Waals surface area (Å²) in [4.78, 5) is 30.8. The first kappa shape index (κ1) is 20.7. The molecule has 0 unspecified atom stereocenters. The van der Waals surface area contributed by atoms with Crippen molar-refractivity contribution in [3.8, 4) is 5.75 Å². The highest BCUT2D eigenvalue weighted by Crippen LogP contribution is 2.30. The number of aliphatic hydroxyl groups is 1. The Hall–Kier alpha value is -3.59. The Labute approximate surface area is 178 Å². The van der Waals surface area contributed by atoms with Crippen LogP contribution in [0.3, 0.4) is 0 Å². The van der Waals surface area contributed by atoms with Gasteiger partial charge < -0.3 is 30.2 Å². The molecule has 1 aliphatic rings. The Balaban J connectivity index is 1.56. The average molecular weight is 424 g/mol. The molecular weight excluding hydrogens is 400 g/mol. The summed E-state index contributed by atoms with van der Waals surface area (Å²) in [5, 5.41) is 12.2. The van der Waals surface area contributed by atoms with Crippen molar-refractivity contribution in [3.63, 3.8) is 0 Å². The van der Waals surface area contributed by atoms with Crippen LogP contribution in [0.1, 0.15) is 28.1 Å². The molecule has 3 heterocycles. The fraction of sp³-hybridized carbons (Fsp3) is 0.318.